The van der Waals surface area contributed by atoms with Crippen LogP contribution in [0.1, 0.15) is 25.0 Å². The van der Waals surface area contributed by atoms with Crippen LogP contribution in [-0.2, 0) is 5.41 Å². The summed E-state index contributed by atoms with van der Waals surface area (Å²) in [5.74, 6) is 0. The zero-order valence-corrected chi connectivity index (χ0v) is 24.0. The molecular formula is C39H29NS. The van der Waals surface area contributed by atoms with E-state index in [1.807, 2.05) is 11.3 Å². The summed E-state index contributed by atoms with van der Waals surface area (Å²) in [6.07, 6.45) is 0. The second-order valence-corrected chi connectivity index (χ2v) is 12.5. The first-order valence-corrected chi connectivity index (χ1v) is 15.0. The lowest BCUT2D eigenvalue weighted by atomic mass is 9.73. The van der Waals surface area contributed by atoms with Crippen LogP contribution in [0.4, 0.5) is 17.1 Å². The number of para-hydroxylation sites is 1. The number of rotatable bonds is 3. The number of fused-ring (bicyclic) bond motifs is 5. The van der Waals surface area contributed by atoms with Gasteiger partial charge in [-0.2, -0.15) is 0 Å². The zero-order valence-electron chi connectivity index (χ0n) is 23.1. The number of thiophene rings is 1. The van der Waals surface area contributed by atoms with E-state index < -0.39 is 0 Å². The second-order valence-electron chi connectivity index (χ2n) is 11.4. The summed E-state index contributed by atoms with van der Waals surface area (Å²) in [4.78, 5) is 2.43. The van der Waals surface area contributed by atoms with Crippen LogP contribution >= 0.6 is 11.3 Å². The summed E-state index contributed by atoms with van der Waals surface area (Å²) < 4.78 is 2.68. The third-order valence-electron chi connectivity index (χ3n) is 8.67. The fourth-order valence-corrected chi connectivity index (χ4v) is 7.59. The molecule has 0 fully saturated rings. The molecule has 0 N–H and O–H groups in total. The van der Waals surface area contributed by atoms with Crippen LogP contribution < -0.4 is 4.90 Å². The van der Waals surface area contributed by atoms with Crippen LogP contribution in [0.5, 0.6) is 0 Å². The average Bonchev–Trinajstić information content (AvgIpc) is 3.40. The van der Waals surface area contributed by atoms with Crippen LogP contribution in [0.15, 0.2) is 140 Å². The van der Waals surface area contributed by atoms with Crippen molar-refractivity contribution in [2.45, 2.75) is 19.3 Å². The van der Waals surface area contributed by atoms with E-state index in [2.05, 4.69) is 158 Å². The minimum Gasteiger partial charge on any atom is -0.310 e. The fraction of sp³-hybridized carbons (Fsp3) is 0.0769. The standard InChI is InChI=1S/C39H29NS/c1-39(2)33-13-7-8-14-35(33)40(30-20-16-27(17-21-30)26-10-4-3-5-11-26)36-22-18-29(25-34(36)39)28-19-23-38-32(24-28)31-12-6-9-15-37(31)41-38/h3-25H,1-2H3. The van der Waals surface area contributed by atoms with Gasteiger partial charge in [0.15, 0.2) is 0 Å². The minimum atomic E-state index is -0.137. The van der Waals surface area contributed by atoms with E-state index in [9.17, 15) is 0 Å². The highest BCUT2D eigenvalue weighted by Gasteiger charge is 2.37. The molecular weight excluding hydrogens is 515 g/mol. The normalized spacial score (nSPS) is 13.8. The van der Waals surface area contributed by atoms with E-state index in [-0.39, 0.29) is 5.41 Å². The molecule has 0 spiro atoms. The van der Waals surface area contributed by atoms with Crippen molar-refractivity contribution >= 4 is 48.6 Å². The molecule has 196 valence electrons. The summed E-state index contributed by atoms with van der Waals surface area (Å²) >= 11 is 1.87. The number of hydrogen-bond donors (Lipinski definition) is 0. The molecule has 2 heterocycles. The van der Waals surface area contributed by atoms with Crippen LogP contribution in [0.2, 0.25) is 0 Å². The maximum atomic E-state index is 2.43. The molecule has 1 aliphatic heterocycles. The Bertz CT molecular complexity index is 2070. The van der Waals surface area contributed by atoms with Crippen molar-refractivity contribution in [1.82, 2.24) is 0 Å². The van der Waals surface area contributed by atoms with Gasteiger partial charge in [0, 0.05) is 31.3 Å². The Hall–Kier alpha value is -4.66. The predicted octanol–water partition coefficient (Wildman–Crippen LogP) is 11.5. The first-order valence-electron chi connectivity index (χ1n) is 14.2. The topological polar surface area (TPSA) is 3.24 Å². The molecule has 0 aliphatic carbocycles. The minimum absolute atomic E-state index is 0.137. The highest BCUT2D eigenvalue weighted by Crippen LogP contribution is 2.52. The molecule has 1 aliphatic rings. The van der Waals surface area contributed by atoms with Crippen molar-refractivity contribution in [3.63, 3.8) is 0 Å². The molecule has 0 unspecified atom stereocenters. The highest BCUT2D eigenvalue weighted by molar-refractivity contribution is 7.25. The molecule has 8 rings (SSSR count). The van der Waals surface area contributed by atoms with Crippen molar-refractivity contribution in [2.24, 2.45) is 0 Å². The molecule has 0 bridgehead atoms. The van der Waals surface area contributed by atoms with Gasteiger partial charge in [-0.05, 0) is 81.9 Å². The molecule has 0 saturated heterocycles. The van der Waals surface area contributed by atoms with Gasteiger partial charge < -0.3 is 4.90 Å². The fourth-order valence-electron chi connectivity index (χ4n) is 6.50. The quantitative estimate of drug-likeness (QED) is 0.214. The van der Waals surface area contributed by atoms with Gasteiger partial charge in [0.25, 0.3) is 0 Å². The van der Waals surface area contributed by atoms with E-state index in [0.717, 1.165) is 0 Å². The summed E-state index contributed by atoms with van der Waals surface area (Å²) in [6, 6.07) is 51.2. The lowest BCUT2D eigenvalue weighted by Gasteiger charge is -2.42. The van der Waals surface area contributed by atoms with Crippen LogP contribution in [0.3, 0.4) is 0 Å². The monoisotopic (exact) mass is 543 g/mol. The van der Waals surface area contributed by atoms with Crippen molar-refractivity contribution in [2.75, 3.05) is 4.90 Å². The average molecular weight is 544 g/mol. The molecule has 1 aromatic heterocycles. The maximum absolute atomic E-state index is 2.43. The number of benzene rings is 6. The largest absolute Gasteiger partial charge is 0.310 e. The number of anilines is 3. The molecule has 1 nitrogen and oxygen atoms in total. The lowest BCUT2D eigenvalue weighted by molar-refractivity contribution is 0.632. The second kappa shape index (κ2) is 9.19. The Morgan fingerprint density at radius 1 is 0.463 bits per heavy atom. The molecule has 2 heteroatoms. The first-order chi connectivity index (χ1) is 20.1. The van der Waals surface area contributed by atoms with Gasteiger partial charge in [-0.3, -0.25) is 0 Å². The molecule has 0 amide bonds. The third-order valence-corrected chi connectivity index (χ3v) is 9.82. The van der Waals surface area contributed by atoms with Gasteiger partial charge in [-0.15, -0.1) is 11.3 Å². The summed E-state index contributed by atoms with van der Waals surface area (Å²) in [6.45, 7) is 4.72. The molecule has 0 atom stereocenters. The van der Waals surface area contributed by atoms with Crippen molar-refractivity contribution in [3.8, 4) is 22.3 Å². The maximum Gasteiger partial charge on any atom is 0.0503 e. The summed E-state index contributed by atoms with van der Waals surface area (Å²) in [7, 11) is 0. The highest BCUT2D eigenvalue weighted by atomic mass is 32.1. The summed E-state index contributed by atoms with van der Waals surface area (Å²) in [5, 5.41) is 2.68. The van der Waals surface area contributed by atoms with Gasteiger partial charge in [-0.25, -0.2) is 0 Å². The Morgan fingerprint density at radius 3 is 1.93 bits per heavy atom. The smallest absolute Gasteiger partial charge is 0.0503 e. The van der Waals surface area contributed by atoms with E-state index in [1.165, 1.54) is 70.6 Å². The molecule has 0 radical (unpaired) electrons. The Labute approximate surface area is 245 Å². The lowest BCUT2D eigenvalue weighted by Crippen LogP contribution is -2.30. The predicted molar refractivity (Wildman–Crippen MR) is 177 cm³/mol. The Balaban J connectivity index is 1.27. The first kappa shape index (κ1) is 24.2. The zero-order chi connectivity index (χ0) is 27.6. The third kappa shape index (κ3) is 3.83. The van der Waals surface area contributed by atoms with Crippen molar-refractivity contribution in [3.05, 3.63) is 151 Å². The molecule has 0 saturated carbocycles. The molecule has 7 aromatic rings. The Morgan fingerprint density at radius 2 is 1.07 bits per heavy atom. The van der Waals surface area contributed by atoms with Crippen molar-refractivity contribution < 1.29 is 0 Å². The van der Waals surface area contributed by atoms with Gasteiger partial charge in [0.1, 0.15) is 0 Å². The van der Waals surface area contributed by atoms with Gasteiger partial charge in [0.2, 0.25) is 0 Å². The number of nitrogens with zero attached hydrogens (tertiary/aromatic N) is 1. The van der Waals surface area contributed by atoms with Crippen molar-refractivity contribution in [1.29, 1.82) is 0 Å². The van der Waals surface area contributed by atoms with Gasteiger partial charge in [-0.1, -0.05) is 105 Å². The van der Waals surface area contributed by atoms with E-state index in [4.69, 9.17) is 0 Å². The van der Waals surface area contributed by atoms with E-state index in [1.54, 1.807) is 0 Å². The van der Waals surface area contributed by atoms with Crippen LogP contribution in [0, 0.1) is 0 Å². The SMILES string of the molecule is CC1(C)c2ccccc2N(c2ccc(-c3ccccc3)cc2)c2ccc(-c3ccc4sc5ccccc5c4c3)cc21. The van der Waals surface area contributed by atoms with Gasteiger partial charge >= 0.3 is 0 Å². The molecule has 6 aromatic carbocycles. The summed E-state index contributed by atoms with van der Waals surface area (Å²) in [5.41, 5.74) is 11.2. The van der Waals surface area contributed by atoms with Crippen LogP contribution in [-0.4, -0.2) is 0 Å². The Kier molecular flexibility index (Phi) is 5.42. The molecule has 41 heavy (non-hydrogen) atoms. The number of hydrogen-bond acceptors (Lipinski definition) is 2. The van der Waals surface area contributed by atoms with Crippen LogP contribution in [0.25, 0.3) is 42.4 Å². The van der Waals surface area contributed by atoms with E-state index >= 15 is 0 Å². The van der Waals surface area contributed by atoms with Gasteiger partial charge in [0.05, 0.1) is 11.4 Å². The van der Waals surface area contributed by atoms with E-state index in [0.29, 0.717) is 0 Å².